The molecule has 0 heterocycles. The Hall–Kier alpha value is -2.17. The van der Waals surface area contributed by atoms with E-state index in [1.807, 2.05) is 12.1 Å². The van der Waals surface area contributed by atoms with Gasteiger partial charge in [-0.15, -0.1) is 0 Å². The van der Waals surface area contributed by atoms with Crippen LogP contribution in [-0.4, -0.2) is 18.0 Å². The molecular formula is C24H37NO4. The molecule has 0 saturated heterocycles. The van der Waals surface area contributed by atoms with E-state index in [0.29, 0.717) is 6.42 Å². The van der Waals surface area contributed by atoms with E-state index in [9.17, 15) is 14.9 Å². The highest BCUT2D eigenvalue weighted by molar-refractivity contribution is 5.68. The fourth-order valence-electron chi connectivity index (χ4n) is 3.36. The van der Waals surface area contributed by atoms with Gasteiger partial charge in [0, 0.05) is 18.6 Å². The van der Waals surface area contributed by atoms with Crippen LogP contribution in [0.25, 0.3) is 6.08 Å². The summed E-state index contributed by atoms with van der Waals surface area (Å²) in [4.78, 5) is 21.4. The second-order valence-corrected chi connectivity index (χ2v) is 7.61. The Kier molecular flexibility index (Phi) is 14.4. The van der Waals surface area contributed by atoms with E-state index >= 15 is 0 Å². The van der Waals surface area contributed by atoms with Crippen LogP contribution < -0.4 is 0 Å². The number of non-ortho nitro benzene ring substituents is 1. The van der Waals surface area contributed by atoms with Gasteiger partial charge in [0.15, 0.2) is 0 Å². The summed E-state index contributed by atoms with van der Waals surface area (Å²) in [6, 6.07) is 6.75. The molecule has 162 valence electrons. The number of ether oxygens (including phenoxy) is 1. The van der Waals surface area contributed by atoms with Gasteiger partial charge in [0.25, 0.3) is 5.69 Å². The lowest BCUT2D eigenvalue weighted by Crippen LogP contribution is -1.99. The molecule has 5 nitrogen and oxygen atoms in total. The molecule has 0 unspecified atom stereocenters. The SMILES string of the molecule is COC(=O)CCCCCCCCCCCCCCC=Cc1cccc([N+](=O)[O-])c1. The summed E-state index contributed by atoms with van der Waals surface area (Å²) in [7, 11) is 1.45. The maximum Gasteiger partial charge on any atom is 0.305 e. The molecule has 0 atom stereocenters. The first-order chi connectivity index (χ1) is 14.1. The van der Waals surface area contributed by atoms with Crippen molar-refractivity contribution in [2.24, 2.45) is 0 Å². The number of allylic oxidation sites excluding steroid dienone is 1. The van der Waals surface area contributed by atoms with Crippen LogP contribution in [0, 0.1) is 10.1 Å². The number of unbranched alkanes of at least 4 members (excludes halogenated alkanes) is 12. The van der Waals surface area contributed by atoms with Crippen molar-refractivity contribution in [3.8, 4) is 0 Å². The van der Waals surface area contributed by atoms with E-state index < -0.39 is 0 Å². The molecule has 0 amide bonds. The fraction of sp³-hybridized carbons (Fsp3) is 0.625. The van der Waals surface area contributed by atoms with E-state index in [0.717, 1.165) is 24.8 Å². The predicted molar refractivity (Wildman–Crippen MR) is 119 cm³/mol. The molecule has 0 aliphatic heterocycles. The van der Waals surface area contributed by atoms with Crippen LogP contribution in [0.4, 0.5) is 5.69 Å². The average Bonchev–Trinajstić information content (AvgIpc) is 2.73. The van der Waals surface area contributed by atoms with Gasteiger partial charge in [-0.2, -0.15) is 0 Å². The molecule has 29 heavy (non-hydrogen) atoms. The zero-order valence-corrected chi connectivity index (χ0v) is 17.9. The minimum atomic E-state index is -0.356. The molecule has 0 aromatic heterocycles. The van der Waals surface area contributed by atoms with Crippen LogP contribution in [0.15, 0.2) is 30.3 Å². The fourth-order valence-corrected chi connectivity index (χ4v) is 3.36. The standard InChI is InChI=1S/C24H37NO4/c1-29-24(26)20-15-13-11-9-7-5-3-2-4-6-8-10-12-14-17-22-18-16-19-23(21-22)25(27)28/h14,16-19,21H,2-13,15,20H2,1H3. The van der Waals surface area contributed by atoms with Gasteiger partial charge in [-0.3, -0.25) is 14.9 Å². The second-order valence-electron chi connectivity index (χ2n) is 7.61. The van der Waals surface area contributed by atoms with Crippen LogP contribution >= 0.6 is 0 Å². The van der Waals surface area contributed by atoms with Crippen molar-refractivity contribution in [1.82, 2.24) is 0 Å². The van der Waals surface area contributed by atoms with Gasteiger partial charge in [-0.1, -0.05) is 88.5 Å². The summed E-state index contributed by atoms with van der Waals surface area (Å²) in [6.07, 6.45) is 20.6. The number of carbonyl (C=O) groups excluding carboxylic acids is 1. The summed E-state index contributed by atoms with van der Waals surface area (Å²) in [5, 5.41) is 10.8. The summed E-state index contributed by atoms with van der Waals surface area (Å²) in [6.45, 7) is 0. The highest BCUT2D eigenvalue weighted by atomic mass is 16.6. The zero-order valence-electron chi connectivity index (χ0n) is 17.9. The topological polar surface area (TPSA) is 69.4 Å². The molecular weight excluding hydrogens is 366 g/mol. The summed E-state index contributed by atoms with van der Waals surface area (Å²) >= 11 is 0. The minimum Gasteiger partial charge on any atom is -0.469 e. The maximum atomic E-state index is 11.0. The van der Waals surface area contributed by atoms with Crippen molar-refractivity contribution >= 4 is 17.7 Å². The Morgan fingerprint density at radius 2 is 1.48 bits per heavy atom. The molecule has 0 aliphatic rings. The summed E-state index contributed by atoms with van der Waals surface area (Å²) < 4.78 is 4.64. The van der Waals surface area contributed by atoms with Gasteiger partial charge in [-0.05, 0) is 24.8 Å². The number of esters is 1. The van der Waals surface area contributed by atoms with E-state index in [4.69, 9.17) is 0 Å². The van der Waals surface area contributed by atoms with Crippen molar-refractivity contribution in [3.05, 3.63) is 46.0 Å². The van der Waals surface area contributed by atoms with E-state index in [1.165, 1.54) is 77.4 Å². The van der Waals surface area contributed by atoms with Crippen molar-refractivity contribution in [3.63, 3.8) is 0 Å². The van der Waals surface area contributed by atoms with E-state index in [-0.39, 0.29) is 16.6 Å². The minimum absolute atomic E-state index is 0.0940. The van der Waals surface area contributed by atoms with E-state index in [1.54, 1.807) is 12.1 Å². The van der Waals surface area contributed by atoms with Crippen LogP contribution in [-0.2, 0) is 9.53 Å². The first-order valence-corrected chi connectivity index (χ1v) is 11.1. The van der Waals surface area contributed by atoms with E-state index in [2.05, 4.69) is 10.8 Å². The first-order valence-electron chi connectivity index (χ1n) is 11.1. The molecule has 5 heteroatoms. The van der Waals surface area contributed by atoms with Gasteiger partial charge in [-0.25, -0.2) is 0 Å². The highest BCUT2D eigenvalue weighted by Crippen LogP contribution is 2.16. The highest BCUT2D eigenvalue weighted by Gasteiger charge is 2.03. The average molecular weight is 404 g/mol. The molecule has 0 spiro atoms. The molecule has 1 aromatic carbocycles. The van der Waals surface area contributed by atoms with Crippen LogP contribution in [0.2, 0.25) is 0 Å². The van der Waals surface area contributed by atoms with Crippen molar-refractivity contribution in [2.75, 3.05) is 7.11 Å². The molecule has 0 aliphatic carbocycles. The molecule has 0 radical (unpaired) electrons. The number of nitro benzene ring substituents is 1. The number of methoxy groups -OCH3 is 1. The van der Waals surface area contributed by atoms with Gasteiger partial charge < -0.3 is 4.74 Å². The molecule has 0 saturated carbocycles. The molecule has 0 fully saturated rings. The normalized spacial score (nSPS) is 11.1. The number of nitrogens with zero attached hydrogens (tertiary/aromatic N) is 1. The molecule has 1 aromatic rings. The Labute approximate surface area is 175 Å². The molecule has 1 rings (SSSR count). The molecule has 0 N–H and O–H groups in total. The number of rotatable bonds is 17. The Bertz CT molecular complexity index is 613. The summed E-state index contributed by atoms with van der Waals surface area (Å²) in [5.74, 6) is -0.0940. The summed E-state index contributed by atoms with van der Waals surface area (Å²) in [5.41, 5.74) is 1.04. The largest absolute Gasteiger partial charge is 0.469 e. The third-order valence-electron chi connectivity index (χ3n) is 5.12. The lowest BCUT2D eigenvalue weighted by Gasteiger charge is -2.03. The zero-order chi connectivity index (χ0) is 21.2. The second kappa shape index (κ2) is 16.8. The van der Waals surface area contributed by atoms with Gasteiger partial charge in [0.05, 0.1) is 12.0 Å². The maximum absolute atomic E-state index is 11.0. The number of hydrogen-bond acceptors (Lipinski definition) is 4. The van der Waals surface area contributed by atoms with Gasteiger partial charge >= 0.3 is 5.97 Å². The third-order valence-corrected chi connectivity index (χ3v) is 5.12. The van der Waals surface area contributed by atoms with Crippen LogP contribution in [0.3, 0.4) is 0 Å². The Morgan fingerprint density at radius 1 is 0.931 bits per heavy atom. The lowest BCUT2D eigenvalue weighted by molar-refractivity contribution is -0.384. The first kappa shape index (κ1) is 24.9. The quantitative estimate of drug-likeness (QED) is 0.119. The van der Waals surface area contributed by atoms with Crippen LogP contribution in [0.5, 0.6) is 0 Å². The monoisotopic (exact) mass is 403 g/mol. The van der Waals surface area contributed by atoms with Crippen molar-refractivity contribution < 1.29 is 14.5 Å². The number of hydrogen-bond donors (Lipinski definition) is 0. The smallest absolute Gasteiger partial charge is 0.305 e. The Morgan fingerprint density at radius 3 is 2.03 bits per heavy atom. The molecule has 0 bridgehead atoms. The van der Waals surface area contributed by atoms with Crippen molar-refractivity contribution in [2.45, 2.75) is 89.9 Å². The van der Waals surface area contributed by atoms with Crippen LogP contribution in [0.1, 0.15) is 95.5 Å². The van der Waals surface area contributed by atoms with Gasteiger partial charge in [0.2, 0.25) is 0 Å². The number of benzene rings is 1. The predicted octanol–water partition coefficient (Wildman–Crippen LogP) is 7.24. The van der Waals surface area contributed by atoms with Gasteiger partial charge in [0.1, 0.15) is 0 Å². The number of nitro groups is 1. The lowest BCUT2D eigenvalue weighted by atomic mass is 10.0. The van der Waals surface area contributed by atoms with Crippen molar-refractivity contribution in [1.29, 1.82) is 0 Å². The third kappa shape index (κ3) is 13.6. The number of carbonyl (C=O) groups is 1. The Balaban J connectivity index is 1.87.